The van der Waals surface area contributed by atoms with Gasteiger partial charge < -0.3 is 5.32 Å². The summed E-state index contributed by atoms with van der Waals surface area (Å²) < 4.78 is 13.8. The summed E-state index contributed by atoms with van der Waals surface area (Å²) >= 11 is 0. The molecule has 3 unspecified atom stereocenters. The van der Waals surface area contributed by atoms with Crippen molar-refractivity contribution in [3.63, 3.8) is 0 Å². The fourth-order valence-electron chi connectivity index (χ4n) is 2.72. The molecule has 16 heavy (non-hydrogen) atoms. The van der Waals surface area contributed by atoms with E-state index in [1.54, 1.807) is 6.07 Å². The van der Waals surface area contributed by atoms with Crippen molar-refractivity contribution in [1.82, 2.24) is 5.32 Å². The molecular formula is C14H20FN. The lowest BCUT2D eigenvalue weighted by molar-refractivity contribution is 0.263. The van der Waals surface area contributed by atoms with Crippen LogP contribution < -0.4 is 5.32 Å². The summed E-state index contributed by atoms with van der Waals surface area (Å²) in [5, 5.41) is 3.48. The SMILES string of the molecule is CCNC1c2cccc(F)c2CC(C)C1C. The van der Waals surface area contributed by atoms with Crippen LogP contribution in [0.25, 0.3) is 0 Å². The zero-order valence-corrected chi connectivity index (χ0v) is 10.3. The van der Waals surface area contributed by atoms with Crippen molar-refractivity contribution >= 4 is 0 Å². The fourth-order valence-corrected chi connectivity index (χ4v) is 2.72. The van der Waals surface area contributed by atoms with Crippen LogP contribution in [0.3, 0.4) is 0 Å². The number of hydrogen-bond donors (Lipinski definition) is 1. The monoisotopic (exact) mass is 221 g/mol. The Balaban J connectivity index is 2.43. The van der Waals surface area contributed by atoms with Gasteiger partial charge in [0.2, 0.25) is 0 Å². The zero-order chi connectivity index (χ0) is 11.7. The molecule has 0 bridgehead atoms. The molecule has 0 radical (unpaired) electrons. The number of rotatable bonds is 2. The molecule has 0 amide bonds. The van der Waals surface area contributed by atoms with E-state index < -0.39 is 0 Å². The minimum absolute atomic E-state index is 0.0425. The molecule has 1 aliphatic carbocycles. The highest BCUT2D eigenvalue weighted by molar-refractivity contribution is 5.34. The molecule has 88 valence electrons. The minimum Gasteiger partial charge on any atom is -0.310 e. The maximum Gasteiger partial charge on any atom is 0.126 e. The van der Waals surface area contributed by atoms with Crippen molar-refractivity contribution in [2.75, 3.05) is 6.54 Å². The Labute approximate surface area is 97.1 Å². The molecule has 0 aromatic heterocycles. The van der Waals surface area contributed by atoms with E-state index in [0.717, 1.165) is 24.1 Å². The van der Waals surface area contributed by atoms with Gasteiger partial charge in [-0.25, -0.2) is 4.39 Å². The summed E-state index contributed by atoms with van der Waals surface area (Å²) in [5.74, 6) is 1.06. The van der Waals surface area contributed by atoms with Crippen LogP contribution in [0.4, 0.5) is 4.39 Å². The second-order valence-corrected chi connectivity index (χ2v) is 4.88. The second-order valence-electron chi connectivity index (χ2n) is 4.88. The minimum atomic E-state index is -0.0425. The number of fused-ring (bicyclic) bond motifs is 1. The van der Waals surface area contributed by atoms with Gasteiger partial charge in [-0.3, -0.25) is 0 Å². The van der Waals surface area contributed by atoms with Gasteiger partial charge in [0.15, 0.2) is 0 Å². The maximum absolute atomic E-state index is 13.8. The zero-order valence-electron chi connectivity index (χ0n) is 10.3. The fraction of sp³-hybridized carbons (Fsp3) is 0.571. The topological polar surface area (TPSA) is 12.0 Å². The van der Waals surface area contributed by atoms with E-state index in [-0.39, 0.29) is 5.82 Å². The van der Waals surface area contributed by atoms with Gasteiger partial charge in [0, 0.05) is 6.04 Å². The number of halogens is 1. The third-order valence-corrected chi connectivity index (χ3v) is 3.86. The van der Waals surface area contributed by atoms with E-state index in [1.165, 1.54) is 0 Å². The Morgan fingerprint density at radius 2 is 2.12 bits per heavy atom. The first kappa shape index (κ1) is 11.6. The number of benzene rings is 1. The summed E-state index contributed by atoms with van der Waals surface area (Å²) in [6.45, 7) is 7.50. The van der Waals surface area contributed by atoms with Crippen LogP contribution in [-0.4, -0.2) is 6.54 Å². The average Bonchev–Trinajstić information content (AvgIpc) is 2.26. The van der Waals surface area contributed by atoms with Gasteiger partial charge in [0.05, 0.1) is 0 Å². The van der Waals surface area contributed by atoms with Crippen molar-refractivity contribution in [2.24, 2.45) is 11.8 Å². The van der Waals surface area contributed by atoms with Crippen LogP contribution >= 0.6 is 0 Å². The highest BCUT2D eigenvalue weighted by Crippen LogP contribution is 2.38. The number of hydrogen-bond acceptors (Lipinski definition) is 1. The second kappa shape index (κ2) is 4.54. The van der Waals surface area contributed by atoms with E-state index in [0.29, 0.717) is 17.9 Å². The van der Waals surface area contributed by atoms with Gasteiger partial charge in [-0.1, -0.05) is 32.9 Å². The Hall–Kier alpha value is -0.890. The van der Waals surface area contributed by atoms with E-state index >= 15 is 0 Å². The summed E-state index contributed by atoms with van der Waals surface area (Å²) in [4.78, 5) is 0. The van der Waals surface area contributed by atoms with Crippen LogP contribution in [0.2, 0.25) is 0 Å². The molecule has 0 heterocycles. The first-order chi connectivity index (χ1) is 7.65. The molecule has 0 saturated heterocycles. The van der Waals surface area contributed by atoms with Crippen molar-refractivity contribution in [2.45, 2.75) is 33.2 Å². The average molecular weight is 221 g/mol. The third-order valence-electron chi connectivity index (χ3n) is 3.86. The molecule has 0 fully saturated rings. The van der Waals surface area contributed by atoms with E-state index in [4.69, 9.17) is 0 Å². The summed E-state index contributed by atoms with van der Waals surface area (Å²) in [6.07, 6.45) is 0.866. The molecule has 3 atom stereocenters. The van der Waals surface area contributed by atoms with Gasteiger partial charge in [-0.05, 0) is 42.0 Å². The van der Waals surface area contributed by atoms with Gasteiger partial charge in [0.1, 0.15) is 5.82 Å². The van der Waals surface area contributed by atoms with Gasteiger partial charge in [0.25, 0.3) is 0 Å². The van der Waals surface area contributed by atoms with Gasteiger partial charge >= 0.3 is 0 Å². The van der Waals surface area contributed by atoms with Gasteiger partial charge in [-0.2, -0.15) is 0 Å². The molecule has 1 aromatic rings. The van der Waals surface area contributed by atoms with Crippen LogP contribution in [0.1, 0.15) is 37.9 Å². The first-order valence-corrected chi connectivity index (χ1v) is 6.15. The lowest BCUT2D eigenvalue weighted by Crippen LogP contribution is -2.35. The molecular weight excluding hydrogens is 201 g/mol. The predicted molar refractivity (Wildman–Crippen MR) is 64.8 cm³/mol. The number of nitrogens with one attached hydrogen (secondary N) is 1. The Morgan fingerprint density at radius 3 is 2.81 bits per heavy atom. The molecule has 0 aliphatic heterocycles. The molecule has 1 aliphatic rings. The van der Waals surface area contributed by atoms with Crippen LogP contribution in [0.15, 0.2) is 18.2 Å². The molecule has 2 rings (SSSR count). The third kappa shape index (κ3) is 1.86. The molecule has 0 saturated carbocycles. The Bertz CT molecular complexity index is 375. The Morgan fingerprint density at radius 1 is 1.38 bits per heavy atom. The van der Waals surface area contributed by atoms with Crippen LogP contribution in [0.5, 0.6) is 0 Å². The molecule has 1 nitrogen and oxygen atoms in total. The van der Waals surface area contributed by atoms with Crippen molar-refractivity contribution < 1.29 is 4.39 Å². The van der Waals surface area contributed by atoms with E-state index in [1.807, 2.05) is 6.07 Å². The quantitative estimate of drug-likeness (QED) is 0.808. The summed E-state index contributed by atoms with van der Waals surface area (Å²) in [5.41, 5.74) is 2.08. The smallest absolute Gasteiger partial charge is 0.126 e. The first-order valence-electron chi connectivity index (χ1n) is 6.15. The summed E-state index contributed by atoms with van der Waals surface area (Å²) in [7, 11) is 0. The molecule has 2 heteroatoms. The normalized spacial score (nSPS) is 28.9. The maximum atomic E-state index is 13.8. The van der Waals surface area contributed by atoms with Gasteiger partial charge in [-0.15, -0.1) is 0 Å². The standard InChI is InChI=1S/C14H20FN/c1-4-16-14-10(3)9(2)8-12-11(14)6-5-7-13(12)15/h5-7,9-10,14,16H,4,8H2,1-3H3. The van der Waals surface area contributed by atoms with E-state index in [9.17, 15) is 4.39 Å². The largest absolute Gasteiger partial charge is 0.310 e. The van der Waals surface area contributed by atoms with E-state index in [2.05, 4.69) is 32.2 Å². The predicted octanol–water partition coefficient (Wildman–Crippen LogP) is 3.30. The lowest BCUT2D eigenvalue weighted by atomic mass is 9.74. The van der Waals surface area contributed by atoms with Crippen LogP contribution in [0, 0.1) is 17.7 Å². The molecule has 0 spiro atoms. The van der Waals surface area contributed by atoms with Crippen LogP contribution in [-0.2, 0) is 6.42 Å². The van der Waals surface area contributed by atoms with Crippen molar-refractivity contribution in [3.8, 4) is 0 Å². The van der Waals surface area contributed by atoms with Crippen molar-refractivity contribution in [3.05, 3.63) is 35.1 Å². The molecule has 1 aromatic carbocycles. The van der Waals surface area contributed by atoms with Crippen molar-refractivity contribution in [1.29, 1.82) is 0 Å². The molecule has 1 N–H and O–H groups in total. The Kier molecular flexibility index (Phi) is 3.29. The lowest BCUT2D eigenvalue weighted by Gasteiger charge is -2.36. The highest BCUT2D eigenvalue weighted by atomic mass is 19.1. The summed E-state index contributed by atoms with van der Waals surface area (Å²) in [6, 6.07) is 5.76. The highest BCUT2D eigenvalue weighted by Gasteiger charge is 2.32.